The van der Waals surface area contributed by atoms with Crippen LogP contribution in [0.2, 0.25) is 0 Å². The number of thioether (sulfide) groups is 1. The zero-order valence-corrected chi connectivity index (χ0v) is 56.7. The summed E-state index contributed by atoms with van der Waals surface area (Å²) < 4.78 is 0. The fourth-order valence-electron chi connectivity index (χ4n) is 8.33. The third kappa shape index (κ3) is 35.5. The third-order valence-electron chi connectivity index (χ3n) is 13.4. The summed E-state index contributed by atoms with van der Waals surface area (Å²) in [7, 11) is 0. The number of hydrogen-bond donors (Lipinski definition) is 22. The highest BCUT2D eigenvalue weighted by Gasteiger charge is 2.38. The van der Waals surface area contributed by atoms with Crippen molar-refractivity contribution >= 4 is 150 Å². The Morgan fingerprint density at radius 2 is 0.722 bits per heavy atom. The van der Waals surface area contributed by atoms with E-state index in [-0.39, 0.29) is 30.3 Å². The van der Waals surface area contributed by atoms with Crippen LogP contribution < -0.4 is 80.6 Å². The summed E-state index contributed by atoms with van der Waals surface area (Å²) in [6, 6.07) is -18.8. The number of nitrogens with one attached hydrogen (secondary N) is 13. The Balaban J connectivity index is 6.66. The molecule has 0 aromatic heterocycles. The van der Waals surface area contributed by atoms with Crippen LogP contribution in [0.4, 0.5) is 0 Å². The number of carbonyl (C=O) groups is 19. The fraction of sp³-hybridized carbons (Fsp3) is 0.655. The molecule has 0 aliphatic heterocycles. The number of hydrogen-bond acceptors (Lipinski definition) is 23. The van der Waals surface area contributed by atoms with Crippen LogP contribution in [0.5, 0.6) is 0 Å². The minimum Gasteiger partial charge on any atom is -0.481 e. The lowest BCUT2D eigenvalue weighted by molar-refractivity contribution is -0.143. The van der Waals surface area contributed by atoms with Crippen molar-refractivity contribution in [2.24, 2.45) is 29.2 Å². The molecule has 11 atom stereocenters. The molecule has 0 spiro atoms. The molecule has 0 rings (SSSR count). The fourth-order valence-corrected chi connectivity index (χ4v) is 9.30. The molecule has 14 amide bonds. The molecule has 39 nitrogen and oxygen atoms in total. The summed E-state index contributed by atoms with van der Waals surface area (Å²) in [5.74, 6) is -26.1. The summed E-state index contributed by atoms with van der Waals surface area (Å²) in [5, 5.41) is 76.8. The van der Waals surface area contributed by atoms with Crippen LogP contribution in [0.25, 0.3) is 0 Å². The first-order chi connectivity index (χ1) is 45.2. The summed E-state index contributed by atoms with van der Waals surface area (Å²) in [4.78, 5) is 245. The molecule has 0 unspecified atom stereocenters. The van der Waals surface area contributed by atoms with Crippen LogP contribution >= 0.6 is 37.0 Å². The molecule has 0 aliphatic carbocycles. The van der Waals surface area contributed by atoms with Gasteiger partial charge >= 0.3 is 29.8 Å². The normalized spacial score (nSPS) is 14.4. The number of nitrogens with two attached hydrogens (primary N) is 2. The van der Waals surface area contributed by atoms with E-state index in [2.05, 4.69) is 89.1 Å². The highest BCUT2D eigenvalue weighted by Crippen LogP contribution is 2.13. The second kappa shape index (κ2) is 45.4. The number of carbonyl (C=O) groups excluding carboxylic acids is 14. The predicted molar refractivity (Wildman–Crippen MR) is 346 cm³/mol. The second-order valence-corrected chi connectivity index (χ2v) is 24.4. The SMILES string of the molecule is CSCC[C@H](NC(=O)[C@@H](NC(=O)[C@H](CCC(N)=O)NC(=O)CNC(=O)[C@H](CC(=O)O)NC(=O)[C@H](CCC(=O)O)NC(=O)[C@H](CC(C)C)NC(=O)[C@H](CS)NC(=O)CNC(=O)CN)C(C)C)C(=O)N[C@@H](CC(=O)O)C(=O)N[C@H](C(=O)N[C@@H](CC(=O)O)C(=O)N[C@@H](CS)C(=O)O)C(C)C. The van der Waals surface area contributed by atoms with Crippen molar-refractivity contribution in [2.75, 3.05) is 43.1 Å². The van der Waals surface area contributed by atoms with Gasteiger partial charge in [0.15, 0.2) is 0 Å². The lowest BCUT2D eigenvalue weighted by atomic mass is 10.0. The molecule has 0 aromatic carbocycles. The highest BCUT2D eigenvalue weighted by molar-refractivity contribution is 7.98. The van der Waals surface area contributed by atoms with Crippen molar-refractivity contribution in [2.45, 2.75) is 166 Å². The monoisotopic (exact) mass is 1440 g/mol. The van der Waals surface area contributed by atoms with Crippen LogP contribution in [-0.2, 0) is 91.1 Å². The van der Waals surface area contributed by atoms with Crippen molar-refractivity contribution < 1.29 is 117 Å². The van der Waals surface area contributed by atoms with E-state index in [0.717, 1.165) is 0 Å². The van der Waals surface area contributed by atoms with Gasteiger partial charge in [0.1, 0.15) is 66.5 Å². The molecule has 42 heteroatoms. The van der Waals surface area contributed by atoms with Crippen LogP contribution in [0, 0.1) is 17.8 Å². The van der Waals surface area contributed by atoms with Gasteiger partial charge in [-0.1, -0.05) is 41.5 Å². The van der Waals surface area contributed by atoms with Gasteiger partial charge in [-0.3, -0.25) is 86.3 Å². The number of amides is 14. The number of primary amides is 1. The van der Waals surface area contributed by atoms with Gasteiger partial charge in [0.25, 0.3) is 0 Å². The Morgan fingerprint density at radius 3 is 1.13 bits per heavy atom. The van der Waals surface area contributed by atoms with Crippen molar-refractivity contribution in [1.29, 1.82) is 0 Å². The van der Waals surface area contributed by atoms with Crippen molar-refractivity contribution in [3.63, 3.8) is 0 Å². The maximum atomic E-state index is 14.1. The van der Waals surface area contributed by atoms with Gasteiger partial charge in [-0.15, -0.1) is 0 Å². The number of aliphatic carboxylic acids is 5. The maximum Gasteiger partial charge on any atom is 0.327 e. The van der Waals surface area contributed by atoms with E-state index >= 15 is 0 Å². The summed E-state index contributed by atoms with van der Waals surface area (Å²) >= 11 is 9.08. The first kappa shape index (κ1) is 87.9. The Kier molecular flexibility index (Phi) is 41.1. The maximum absolute atomic E-state index is 14.1. The largest absolute Gasteiger partial charge is 0.481 e. The topological polar surface area (TPSA) is 634 Å². The third-order valence-corrected chi connectivity index (χ3v) is 14.8. The Bertz CT molecular complexity index is 2850. The zero-order valence-electron chi connectivity index (χ0n) is 54.1. The average Bonchev–Trinajstić information content (AvgIpc) is 1.00. The standard InChI is InChI=1S/C55H89N15O24S3/c1-23(2)14-29(64-52(90)33(21-95)61-37(73)19-58-36(72)18-56)49(87)62-27(9-11-39(75)76)46(84)65-30(15-40(77)78)45(83)59-20-38(74)60-26(8-10-35(57)71)48(86)69-43(24(3)4)53(91)63-28(12-13-97-7)47(85)66-32(17-42(81)82)51(89)70-44(25(5)6)54(92)67-31(16-41(79)80)50(88)68-34(22-96)55(93)94/h23-34,43-44,95-96H,8-22,56H2,1-7H3,(H2,57,71)(H,58,72)(H,59,83)(H,60,74)(H,61,73)(H,62,87)(H,63,91)(H,64,90)(H,65,84)(H,66,85)(H,67,92)(H,68,88)(H,69,86)(H,70,89)(H,75,76)(H,77,78)(H,79,80)(H,81,82)(H,93,94)/t26-,27-,28-,29-,30-,31-,32-,33-,34-,43-,44-/m0/s1. The lowest BCUT2D eigenvalue weighted by Gasteiger charge is -2.29. The number of carboxylic acids is 5. The van der Waals surface area contributed by atoms with Crippen LogP contribution in [0.3, 0.4) is 0 Å². The van der Waals surface area contributed by atoms with E-state index in [4.69, 9.17) is 11.5 Å². The number of carboxylic acid groups (broad SMARTS) is 5. The summed E-state index contributed by atoms with van der Waals surface area (Å²) in [6.45, 7) is 6.89. The molecule has 0 aromatic rings. The molecule has 0 aliphatic rings. The van der Waals surface area contributed by atoms with E-state index < -0.39 is 261 Å². The van der Waals surface area contributed by atoms with Gasteiger partial charge in [0.2, 0.25) is 82.7 Å². The molecule has 546 valence electrons. The number of rotatable bonds is 48. The summed E-state index contributed by atoms with van der Waals surface area (Å²) in [6.07, 6.45) is -4.64. The molecule has 22 N–H and O–H groups in total. The quantitative estimate of drug-likeness (QED) is 0.0252. The lowest BCUT2D eigenvalue weighted by Crippen LogP contribution is -2.61. The van der Waals surface area contributed by atoms with E-state index in [1.54, 1.807) is 20.1 Å². The van der Waals surface area contributed by atoms with Crippen LogP contribution in [0.1, 0.15) is 99.3 Å². The van der Waals surface area contributed by atoms with Crippen LogP contribution in [-0.4, -0.2) is 248 Å². The number of thiol groups is 2. The van der Waals surface area contributed by atoms with Gasteiger partial charge in [-0.05, 0) is 55.4 Å². The van der Waals surface area contributed by atoms with Crippen molar-refractivity contribution in [1.82, 2.24) is 69.1 Å². The van der Waals surface area contributed by atoms with E-state index in [9.17, 15) is 117 Å². The first-order valence-corrected chi connectivity index (χ1v) is 32.5. The molecule has 0 bridgehead atoms. The molecule has 97 heavy (non-hydrogen) atoms. The molecule has 0 saturated heterocycles. The van der Waals surface area contributed by atoms with Gasteiger partial charge in [0.05, 0.1) is 38.9 Å². The Morgan fingerprint density at radius 1 is 0.381 bits per heavy atom. The van der Waals surface area contributed by atoms with Gasteiger partial charge in [-0.2, -0.15) is 37.0 Å². The van der Waals surface area contributed by atoms with E-state index in [1.165, 1.54) is 39.5 Å². The minimum absolute atomic E-state index is 0.109. The average molecular weight is 1440 g/mol. The van der Waals surface area contributed by atoms with Gasteiger partial charge in [-0.25, -0.2) is 4.79 Å². The molecular weight excluding hydrogens is 1350 g/mol. The van der Waals surface area contributed by atoms with Crippen molar-refractivity contribution in [3.05, 3.63) is 0 Å². The summed E-state index contributed by atoms with van der Waals surface area (Å²) in [5.41, 5.74) is 10.6. The first-order valence-electron chi connectivity index (χ1n) is 29.9. The Labute approximate surface area is 571 Å². The highest BCUT2D eigenvalue weighted by atomic mass is 32.2. The minimum atomic E-state index is -2.06. The molecule has 0 heterocycles. The molecule has 0 fully saturated rings. The molecule has 0 saturated carbocycles. The zero-order chi connectivity index (χ0) is 74.6. The Hall–Kier alpha value is -9.06. The van der Waals surface area contributed by atoms with E-state index in [1.807, 2.05) is 5.32 Å². The molecule has 0 radical (unpaired) electrons. The van der Waals surface area contributed by atoms with Crippen LogP contribution in [0.15, 0.2) is 0 Å². The van der Waals surface area contributed by atoms with Gasteiger partial charge in [0, 0.05) is 24.3 Å². The van der Waals surface area contributed by atoms with E-state index in [0.29, 0.717) is 0 Å². The smallest absolute Gasteiger partial charge is 0.327 e. The predicted octanol–water partition coefficient (Wildman–Crippen LogP) is -7.88. The van der Waals surface area contributed by atoms with Crippen molar-refractivity contribution in [3.8, 4) is 0 Å². The molecular formula is C55H89N15O24S3. The van der Waals surface area contributed by atoms with Gasteiger partial charge < -0.3 is 106 Å². The second-order valence-electron chi connectivity index (χ2n) is 22.7.